The van der Waals surface area contributed by atoms with Crippen molar-refractivity contribution >= 4 is 5.91 Å². The molecule has 1 saturated heterocycles. The van der Waals surface area contributed by atoms with E-state index in [9.17, 15) is 9.90 Å². The summed E-state index contributed by atoms with van der Waals surface area (Å²) >= 11 is 0. The van der Waals surface area contributed by atoms with E-state index in [4.69, 9.17) is 19.9 Å². The van der Waals surface area contributed by atoms with Gasteiger partial charge in [0.25, 0.3) is 0 Å². The molecule has 0 aromatic heterocycles. The zero-order valence-corrected chi connectivity index (χ0v) is 14.8. The van der Waals surface area contributed by atoms with Crippen LogP contribution >= 0.6 is 0 Å². The molecule has 7 heteroatoms. The second kappa shape index (κ2) is 7.19. The summed E-state index contributed by atoms with van der Waals surface area (Å²) in [6.07, 6.45) is 0.390. The van der Waals surface area contributed by atoms with Gasteiger partial charge in [-0.3, -0.25) is 4.79 Å². The van der Waals surface area contributed by atoms with Crippen molar-refractivity contribution in [2.24, 2.45) is 11.1 Å². The van der Waals surface area contributed by atoms with Crippen molar-refractivity contribution in [2.75, 3.05) is 40.5 Å². The van der Waals surface area contributed by atoms with Crippen molar-refractivity contribution in [1.82, 2.24) is 4.90 Å². The van der Waals surface area contributed by atoms with Gasteiger partial charge in [0, 0.05) is 37.4 Å². The Balaban J connectivity index is 1.94. The van der Waals surface area contributed by atoms with E-state index in [1.54, 1.807) is 31.3 Å². The highest BCUT2D eigenvalue weighted by atomic mass is 16.5. The lowest BCUT2D eigenvalue weighted by Gasteiger charge is -2.42. The van der Waals surface area contributed by atoms with Crippen LogP contribution in [0.5, 0.6) is 11.5 Å². The molecular weight excluding hydrogens is 324 g/mol. The lowest BCUT2D eigenvalue weighted by Crippen LogP contribution is -2.52. The first kappa shape index (κ1) is 18.0. The zero-order chi connectivity index (χ0) is 18.0. The molecule has 0 radical (unpaired) electrons. The molecule has 2 aliphatic rings. The van der Waals surface area contributed by atoms with Gasteiger partial charge >= 0.3 is 0 Å². The fourth-order valence-corrected chi connectivity index (χ4v) is 3.83. The highest BCUT2D eigenvalue weighted by molar-refractivity contribution is 5.83. The lowest BCUT2D eigenvalue weighted by molar-refractivity contribution is -0.150. The number of amides is 1. The van der Waals surface area contributed by atoms with E-state index < -0.39 is 11.5 Å². The van der Waals surface area contributed by atoms with E-state index in [1.807, 2.05) is 0 Å². The van der Waals surface area contributed by atoms with Crippen molar-refractivity contribution in [3.05, 3.63) is 23.3 Å². The molecule has 1 aromatic rings. The first-order valence-corrected chi connectivity index (χ1v) is 8.55. The molecule has 3 rings (SSSR count). The lowest BCUT2D eigenvalue weighted by atomic mass is 9.78. The number of nitrogens with zero attached hydrogens (tertiary/aromatic N) is 1. The predicted molar refractivity (Wildman–Crippen MR) is 91.5 cm³/mol. The molecule has 1 aromatic carbocycles. The molecule has 2 aliphatic heterocycles. The molecule has 3 N–H and O–H groups in total. The van der Waals surface area contributed by atoms with E-state index in [1.165, 1.54) is 0 Å². The van der Waals surface area contributed by atoms with E-state index in [2.05, 4.69) is 0 Å². The van der Waals surface area contributed by atoms with Crippen LogP contribution in [0.2, 0.25) is 0 Å². The van der Waals surface area contributed by atoms with Crippen LogP contribution in [0.4, 0.5) is 0 Å². The molecule has 1 atom stereocenters. The van der Waals surface area contributed by atoms with Crippen LogP contribution in [0.25, 0.3) is 0 Å². The molecule has 1 unspecified atom stereocenters. The Morgan fingerprint density at radius 3 is 2.56 bits per heavy atom. The number of fused-ring (bicyclic) bond motifs is 1. The number of hydrogen-bond donors (Lipinski definition) is 2. The van der Waals surface area contributed by atoms with Crippen molar-refractivity contribution in [1.29, 1.82) is 0 Å². The Labute approximate surface area is 147 Å². The standard InChI is InChI=1S/C18H26N2O5/c1-23-14-3-4-15(24-2)16-12(14)9-20(10-13(16)21)17(22)18(11-19)5-7-25-8-6-18/h3-4,13,21H,5-11,19H2,1-2H3. The van der Waals surface area contributed by atoms with Gasteiger partial charge in [0.05, 0.1) is 26.2 Å². The normalized spacial score (nSPS) is 22.2. The topological polar surface area (TPSA) is 94.3 Å². The molecule has 138 valence electrons. The Kier molecular flexibility index (Phi) is 5.17. The Morgan fingerprint density at radius 1 is 1.32 bits per heavy atom. The van der Waals surface area contributed by atoms with Crippen LogP contribution in [-0.2, 0) is 16.1 Å². The van der Waals surface area contributed by atoms with E-state index >= 15 is 0 Å². The Bertz CT molecular complexity index is 643. The van der Waals surface area contributed by atoms with Gasteiger partial charge in [-0.2, -0.15) is 0 Å². The zero-order valence-electron chi connectivity index (χ0n) is 14.8. The van der Waals surface area contributed by atoms with E-state index in [-0.39, 0.29) is 19.0 Å². The SMILES string of the molecule is COc1ccc(OC)c2c1CN(C(=O)C1(CN)CCOCC1)CC2O. The van der Waals surface area contributed by atoms with Crippen molar-refractivity contribution < 1.29 is 24.1 Å². The van der Waals surface area contributed by atoms with Gasteiger partial charge in [-0.1, -0.05) is 0 Å². The second-order valence-electron chi connectivity index (χ2n) is 6.66. The smallest absolute Gasteiger partial charge is 0.230 e. The fraction of sp³-hybridized carbons (Fsp3) is 0.611. The van der Waals surface area contributed by atoms with Crippen LogP contribution in [0.1, 0.15) is 30.1 Å². The number of rotatable bonds is 4. The molecule has 0 spiro atoms. The van der Waals surface area contributed by atoms with Gasteiger partial charge in [0.2, 0.25) is 5.91 Å². The molecule has 1 fully saturated rings. The quantitative estimate of drug-likeness (QED) is 0.835. The number of carbonyl (C=O) groups is 1. The fourth-order valence-electron chi connectivity index (χ4n) is 3.83. The highest BCUT2D eigenvalue weighted by Gasteiger charge is 2.43. The van der Waals surface area contributed by atoms with Crippen LogP contribution < -0.4 is 15.2 Å². The number of β-amino-alcohol motifs (C(OH)–C–C–N with tert-alkyl or cyclic N) is 1. The minimum atomic E-state index is -0.826. The maximum atomic E-state index is 13.2. The summed E-state index contributed by atoms with van der Waals surface area (Å²) in [6, 6.07) is 3.57. The predicted octanol–water partition coefficient (Wildman–Crippen LogP) is 0.835. The molecule has 0 bridgehead atoms. The van der Waals surface area contributed by atoms with Gasteiger partial charge in [-0.25, -0.2) is 0 Å². The van der Waals surface area contributed by atoms with E-state index in [0.717, 1.165) is 5.56 Å². The largest absolute Gasteiger partial charge is 0.496 e. The number of nitrogens with two attached hydrogens (primary N) is 1. The number of hydrogen-bond acceptors (Lipinski definition) is 6. The minimum Gasteiger partial charge on any atom is -0.496 e. The van der Waals surface area contributed by atoms with Gasteiger partial charge in [0.1, 0.15) is 17.6 Å². The first-order valence-electron chi connectivity index (χ1n) is 8.55. The van der Waals surface area contributed by atoms with Crippen molar-refractivity contribution in [2.45, 2.75) is 25.5 Å². The van der Waals surface area contributed by atoms with Crippen LogP contribution in [0.3, 0.4) is 0 Å². The third kappa shape index (κ3) is 3.07. The summed E-state index contributed by atoms with van der Waals surface area (Å²) in [5.41, 5.74) is 6.84. The third-order valence-corrected chi connectivity index (χ3v) is 5.37. The summed E-state index contributed by atoms with van der Waals surface area (Å²) in [6.45, 7) is 1.94. The van der Waals surface area contributed by atoms with E-state index in [0.29, 0.717) is 49.7 Å². The number of benzene rings is 1. The number of ether oxygens (including phenoxy) is 3. The molecule has 25 heavy (non-hydrogen) atoms. The van der Waals surface area contributed by atoms with Gasteiger partial charge in [0.15, 0.2) is 0 Å². The maximum Gasteiger partial charge on any atom is 0.230 e. The van der Waals surface area contributed by atoms with Crippen LogP contribution in [-0.4, -0.2) is 56.4 Å². The highest BCUT2D eigenvalue weighted by Crippen LogP contribution is 2.41. The molecule has 1 amide bonds. The Hall–Kier alpha value is -1.83. The van der Waals surface area contributed by atoms with Gasteiger partial charge in [-0.05, 0) is 25.0 Å². The maximum absolute atomic E-state index is 13.2. The summed E-state index contributed by atoms with van der Waals surface area (Å²) in [7, 11) is 3.15. The average molecular weight is 350 g/mol. The van der Waals surface area contributed by atoms with Crippen LogP contribution in [0.15, 0.2) is 12.1 Å². The number of methoxy groups -OCH3 is 2. The monoisotopic (exact) mass is 350 g/mol. The molecule has 0 saturated carbocycles. The summed E-state index contributed by atoms with van der Waals surface area (Å²) in [5, 5.41) is 10.7. The second-order valence-corrected chi connectivity index (χ2v) is 6.66. The number of aliphatic hydroxyl groups excluding tert-OH is 1. The molecule has 0 aliphatic carbocycles. The van der Waals surface area contributed by atoms with Gasteiger partial charge in [-0.15, -0.1) is 0 Å². The summed E-state index contributed by atoms with van der Waals surface area (Å²) < 4.78 is 16.2. The van der Waals surface area contributed by atoms with Crippen molar-refractivity contribution in [3.63, 3.8) is 0 Å². The third-order valence-electron chi connectivity index (χ3n) is 5.37. The molecular formula is C18H26N2O5. The first-order chi connectivity index (χ1) is 12.1. The molecule has 7 nitrogen and oxygen atoms in total. The number of aliphatic hydroxyl groups is 1. The summed E-state index contributed by atoms with van der Waals surface area (Å²) in [4.78, 5) is 14.9. The van der Waals surface area contributed by atoms with Crippen LogP contribution in [0, 0.1) is 5.41 Å². The molecule has 2 heterocycles. The number of carbonyl (C=O) groups excluding carboxylic acids is 1. The Morgan fingerprint density at radius 2 is 1.96 bits per heavy atom. The average Bonchev–Trinajstić information content (AvgIpc) is 2.66. The van der Waals surface area contributed by atoms with Gasteiger partial charge < -0.3 is 30.0 Å². The van der Waals surface area contributed by atoms with Crippen molar-refractivity contribution in [3.8, 4) is 11.5 Å². The summed E-state index contributed by atoms with van der Waals surface area (Å²) in [5.74, 6) is 1.23. The minimum absolute atomic E-state index is 0.0205.